The molecule has 1 aromatic heterocycles. The Balaban J connectivity index is 1.64. The van der Waals surface area contributed by atoms with Crippen molar-refractivity contribution in [1.82, 2.24) is 9.88 Å². The summed E-state index contributed by atoms with van der Waals surface area (Å²) >= 11 is 7.87. The van der Waals surface area contributed by atoms with Gasteiger partial charge in [-0.15, -0.1) is 11.3 Å². The van der Waals surface area contributed by atoms with Gasteiger partial charge in [0.1, 0.15) is 22.1 Å². The van der Waals surface area contributed by atoms with E-state index in [1.807, 2.05) is 13.8 Å². The number of hydrogen-bond donors (Lipinski definition) is 0. The summed E-state index contributed by atoms with van der Waals surface area (Å²) in [6, 6.07) is 7.15. The van der Waals surface area contributed by atoms with Crippen LogP contribution in [0.2, 0.25) is 5.02 Å². The zero-order valence-electron chi connectivity index (χ0n) is 24.7. The topological polar surface area (TPSA) is 92.3 Å². The van der Waals surface area contributed by atoms with Crippen molar-refractivity contribution in [2.45, 2.75) is 70.2 Å². The molecule has 4 rings (SSSR count). The lowest BCUT2D eigenvalue weighted by Crippen LogP contribution is -2.45. The smallest absolute Gasteiger partial charge is 0.410 e. The molecule has 0 bridgehead atoms. The number of aromatic nitrogens is 1. The van der Waals surface area contributed by atoms with Crippen LogP contribution in [0.15, 0.2) is 46.1 Å². The number of likely N-dealkylation sites (tertiary alicyclic amines) is 1. The first kappa shape index (κ1) is 31.8. The van der Waals surface area contributed by atoms with Gasteiger partial charge in [0.2, 0.25) is 0 Å². The number of sulfonamides is 1. The predicted octanol–water partition coefficient (Wildman–Crippen LogP) is 6.48. The van der Waals surface area contributed by atoms with E-state index in [-0.39, 0.29) is 29.5 Å². The van der Waals surface area contributed by atoms with Crippen LogP contribution in [0.5, 0.6) is 5.75 Å². The number of halogens is 2. The van der Waals surface area contributed by atoms with Gasteiger partial charge >= 0.3 is 6.09 Å². The van der Waals surface area contributed by atoms with Gasteiger partial charge in [-0.3, -0.25) is 0 Å². The number of methoxy groups -OCH3 is 1. The molecule has 228 valence electrons. The lowest BCUT2D eigenvalue weighted by molar-refractivity contribution is 0.0233. The van der Waals surface area contributed by atoms with Gasteiger partial charge < -0.3 is 19.3 Å². The summed E-state index contributed by atoms with van der Waals surface area (Å²) in [6.45, 7) is 9.56. The first-order valence-electron chi connectivity index (χ1n) is 13.4. The van der Waals surface area contributed by atoms with Crippen molar-refractivity contribution in [3.63, 3.8) is 0 Å². The van der Waals surface area contributed by atoms with Crippen molar-refractivity contribution >= 4 is 50.6 Å². The number of carbonyl (C=O) groups is 1. The molecule has 0 saturated carbocycles. The number of ether oxygens (including phenoxy) is 2. The molecule has 1 fully saturated rings. The Morgan fingerprint density at radius 3 is 2.57 bits per heavy atom. The van der Waals surface area contributed by atoms with Crippen LogP contribution in [-0.4, -0.2) is 62.8 Å². The van der Waals surface area contributed by atoms with Crippen LogP contribution in [0.1, 0.15) is 45.2 Å². The average Bonchev–Trinajstić information content (AvgIpc) is 3.57. The molecular weight excluding hydrogens is 603 g/mol. The number of thiazole rings is 1. The highest BCUT2D eigenvalue weighted by atomic mass is 35.5. The zero-order valence-corrected chi connectivity index (χ0v) is 27.1. The molecule has 9 nitrogen and oxygen atoms in total. The van der Waals surface area contributed by atoms with E-state index in [1.54, 1.807) is 68.3 Å². The average molecular weight is 639 g/mol. The van der Waals surface area contributed by atoms with Gasteiger partial charge in [0.25, 0.3) is 10.0 Å². The maximum atomic E-state index is 15.8. The van der Waals surface area contributed by atoms with Gasteiger partial charge in [0.05, 0.1) is 42.0 Å². The van der Waals surface area contributed by atoms with E-state index in [9.17, 15) is 13.2 Å². The van der Waals surface area contributed by atoms with Crippen LogP contribution in [0.25, 0.3) is 0 Å². The summed E-state index contributed by atoms with van der Waals surface area (Å²) in [5.41, 5.74) is 2.73. The molecule has 42 heavy (non-hydrogen) atoms. The molecule has 2 atom stereocenters. The molecule has 1 aliphatic heterocycles. The number of nitrogens with zero attached hydrogens (tertiary/aromatic N) is 4. The van der Waals surface area contributed by atoms with Gasteiger partial charge in [0, 0.05) is 25.0 Å². The SMILES string of the molecule is COc1ccc(CN(c2cscn2)S(=O)(=O)c2cc(Cl)c(N(C)C3CCN(C(=O)OC(C)(C)C)[C@@H]3C)cc2F)c(C)c1. The second-order valence-corrected chi connectivity index (χ2v) is 14.2. The number of anilines is 2. The molecular formula is C29H36ClFN4O5S2. The van der Waals surface area contributed by atoms with Crippen LogP contribution in [-0.2, 0) is 21.3 Å². The Bertz CT molecular complexity index is 1550. The second-order valence-electron chi connectivity index (χ2n) is 11.3. The van der Waals surface area contributed by atoms with Crippen LogP contribution in [0, 0.1) is 12.7 Å². The number of amides is 1. The van der Waals surface area contributed by atoms with Crippen molar-refractivity contribution in [1.29, 1.82) is 0 Å². The lowest BCUT2D eigenvalue weighted by Gasteiger charge is -2.33. The highest BCUT2D eigenvalue weighted by molar-refractivity contribution is 7.92. The minimum absolute atomic E-state index is 0.0687. The molecule has 1 aliphatic rings. The maximum absolute atomic E-state index is 15.8. The van der Waals surface area contributed by atoms with Gasteiger partial charge in [-0.05, 0) is 70.4 Å². The normalized spacial score (nSPS) is 17.3. The number of carbonyl (C=O) groups excluding carboxylic acids is 1. The first-order chi connectivity index (χ1) is 19.6. The van der Waals surface area contributed by atoms with Gasteiger partial charge in [0.15, 0.2) is 5.82 Å². The van der Waals surface area contributed by atoms with Gasteiger partial charge in [-0.1, -0.05) is 17.7 Å². The molecule has 2 aromatic carbocycles. The zero-order chi connectivity index (χ0) is 31.0. The van der Waals surface area contributed by atoms with E-state index in [0.717, 1.165) is 22.0 Å². The largest absolute Gasteiger partial charge is 0.497 e. The Morgan fingerprint density at radius 2 is 1.98 bits per heavy atom. The summed E-state index contributed by atoms with van der Waals surface area (Å²) < 4.78 is 55.6. The third-order valence-electron chi connectivity index (χ3n) is 7.33. The molecule has 1 amide bonds. The van der Waals surface area contributed by atoms with Crippen molar-refractivity contribution in [3.8, 4) is 5.75 Å². The van der Waals surface area contributed by atoms with Crippen LogP contribution in [0.4, 0.5) is 20.7 Å². The summed E-state index contributed by atoms with van der Waals surface area (Å²) in [4.78, 5) is 19.8. The van der Waals surface area contributed by atoms with E-state index in [4.69, 9.17) is 21.1 Å². The van der Waals surface area contributed by atoms with E-state index < -0.39 is 32.4 Å². The number of likely N-dealkylation sites (N-methyl/N-ethyl adjacent to an activating group) is 1. The highest BCUT2D eigenvalue weighted by Gasteiger charge is 2.39. The number of aryl methyl sites for hydroxylation is 1. The Hall–Kier alpha value is -3.09. The third-order valence-corrected chi connectivity index (χ3v) is 9.97. The minimum atomic E-state index is -4.42. The molecule has 2 heterocycles. The maximum Gasteiger partial charge on any atom is 0.410 e. The summed E-state index contributed by atoms with van der Waals surface area (Å²) in [6.07, 6.45) is 0.187. The fraction of sp³-hybridized carbons (Fsp3) is 0.448. The van der Waals surface area contributed by atoms with Crippen molar-refractivity contribution in [3.05, 3.63) is 63.2 Å². The van der Waals surface area contributed by atoms with Crippen LogP contribution >= 0.6 is 22.9 Å². The second kappa shape index (κ2) is 12.3. The fourth-order valence-electron chi connectivity index (χ4n) is 5.05. The number of benzene rings is 2. The summed E-state index contributed by atoms with van der Waals surface area (Å²) in [5.74, 6) is -0.126. The number of rotatable bonds is 8. The van der Waals surface area contributed by atoms with E-state index >= 15 is 4.39 Å². The first-order valence-corrected chi connectivity index (χ1v) is 16.2. The minimum Gasteiger partial charge on any atom is -0.497 e. The Morgan fingerprint density at radius 1 is 1.26 bits per heavy atom. The fourth-order valence-corrected chi connectivity index (χ4v) is 7.48. The van der Waals surface area contributed by atoms with Crippen LogP contribution < -0.4 is 13.9 Å². The Kier molecular flexibility index (Phi) is 9.29. The molecule has 1 saturated heterocycles. The molecule has 0 radical (unpaired) electrons. The van der Waals surface area contributed by atoms with Crippen molar-refractivity contribution in [2.75, 3.05) is 29.9 Å². The van der Waals surface area contributed by atoms with E-state index in [2.05, 4.69) is 4.98 Å². The van der Waals surface area contributed by atoms with Gasteiger partial charge in [-0.25, -0.2) is 26.9 Å². The molecule has 0 spiro atoms. The molecule has 0 N–H and O–H groups in total. The van der Waals surface area contributed by atoms with Gasteiger partial charge in [-0.2, -0.15) is 0 Å². The van der Waals surface area contributed by atoms with Crippen LogP contribution in [0.3, 0.4) is 0 Å². The summed E-state index contributed by atoms with van der Waals surface area (Å²) in [5, 5.41) is 1.66. The highest BCUT2D eigenvalue weighted by Crippen LogP contribution is 2.37. The quantitative estimate of drug-likeness (QED) is 0.279. The van der Waals surface area contributed by atoms with E-state index in [1.165, 1.54) is 16.8 Å². The number of hydrogen-bond acceptors (Lipinski definition) is 8. The third kappa shape index (κ3) is 6.60. The predicted molar refractivity (Wildman–Crippen MR) is 164 cm³/mol. The van der Waals surface area contributed by atoms with E-state index in [0.29, 0.717) is 30.0 Å². The standard InChI is InChI=1S/C29H36ClFN4O5S2/c1-18-12-21(39-7)9-8-20(18)15-35(27-16-41-17-32-27)42(37,38)26-13-22(30)25(14-23(26)31)33(6)24-10-11-34(19(24)2)28(36)40-29(3,4)5/h8-9,12-14,16-17,19,24H,10-11,15H2,1-7H3/t19-,24?/m1/s1. The molecule has 3 aromatic rings. The molecule has 13 heteroatoms. The lowest BCUT2D eigenvalue weighted by atomic mass is 10.1. The summed E-state index contributed by atoms with van der Waals surface area (Å²) in [7, 11) is -1.11. The Labute approximate surface area is 255 Å². The molecule has 0 aliphatic carbocycles. The van der Waals surface area contributed by atoms with Crippen molar-refractivity contribution in [2.24, 2.45) is 0 Å². The molecule has 1 unspecified atom stereocenters. The van der Waals surface area contributed by atoms with Crippen molar-refractivity contribution < 1.29 is 27.1 Å². The monoisotopic (exact) mass is 638 g/mol.